The fraction of sp³-hybridized carbons (Fsp3) is 0.263. The van der Waals surface area contributed by atoms with E-state index in [4.69, 9.17) is 58.3 Å². The Morgan fingerprint density at radius 3 is 0.743 bits per heavy atom. The maximum Gasteiger partial charge on any atom is 0.337 e. The van der Waals surface area contributed by atoms with Crippen LogP contribution in [0.3, 0.4) is 0 Å². The number of carboxylic acids is 2. The van der Waals surface area contributed by atoms with E-state index in [9.17, 15) is 64.3 Å². The van der Waals surface area contributed by atoms with E-state index in [1.165, 1.54) is 108 Å². The van der Waals surface area contributed by atoms with Gasteiger partial charge in [-0.05, 0) is 298 Å². The second-order valence-electron chi connectivity index (χ2n) is 34.4. The minimum atomic E-state index is -4.27. The van der Waals surface area contributed by atoms with Crippen molar-refractivity contribution in [3.05, 3.63) is 383 Å². The molecule has 0 aliphatic carbocycles. The third-order valence-corrected chi connectivity index (χ3v) is 31.9. The van der Waals surface area contributed by atoms with E-state index in [-0.39, 0.29) is 93.3 Å². The Morgan fingerprint density at radius 2 is 0.549 bits per heavy atom. The minimum Gasteiger partial charge on any atom is -0.744 e. The molecule has 764 valence electrons. The highest BCUT2D eigenvalue weighted by Gasteiger charge is 2.42. The van der Waals surface area contributed by atoms with Crippen LogP contribution in [0.1, 0.15) is 158 Å². The molecule has 0 radical (unpaired) electrons. The lowest BCUT2D eigenvalue weighted by Gasteiger charge is -2.27. The zero-order valence-electron chi connectivity index (χ0n) is 84.8. The number of allylic oxidation sites excluding steroid dienone is 2. The summed E-state index contributed by atoms with van der Waals surface area (Å²) in [6, 6.07) is 95.9. The summed E-state index contributed by atoms with van der Waals surface area (Å²) >= 11 is 0. The monoisotopic (exact) mass is 2040 g/mol. The number of aliphatic hydroxyl groups excluding tert-OH is 2. The number of carboxylic acid groups (broad SMARTS) is 2. The number of aliphatic carboxylic acids is 2. The number of hydrogen-bond acceptors (Lipinski definition) is 24. The molecule has 0 heterocycles. The predicted molar refractivity (Wildman–Crippen MR) is 566 cm³/mol. The van der Waals surface area contributed by atoms with Gasteiger partial charge in [-0.15, -0.1) is 0 Å². The van der Waals surface area contributed by atoms with Gasteiger partial charge in [-0.25, -0.2) is 36.0 Å². The zero-order chi connectivity index (χ0) is 107. The van der Waals surface area contributed by atoms with Crippen LogP contribution < -0.4 is 50.8 Å². The molecule has 12 aromatic carbocycles. The number of carbonyl (C=O) groups excluding carboxylic acids is 6. The quantitative estimate of drug-likeness (QED) is 0.00956. The summed E-state index contributed by atoms with van der Waals surface area (Å²) in [7, 11) is -6.22. The highest BCUT2D eigenvalue weighted by molar-refractivity contribution is 7.95. The molecular weight excluding hydrogens is 1910 g/mol. The average Bonchev–Trinajstić information content (AvgIpc) is 0.764. The molecule has 30 heteroatoms. The van der Waals surface area contributed by atoms with Crippen LogP contribution in [0.5, 0.6) is 23.0 Å². The van der Waals surface area contributed by atoms with Gasteiger partial charge in [0.2, 0.25) is 0 Å². The molecular formula is C114H130O26P2S2. The number of Topliss-reactive ketones (excluding diaryl/α,β-unsaturated/α-hetero) is 2. The number of rotatable bonds is 34. The molecule has 0 saturated carbocycles. The van der Waals surface area contributed by atoms with Gasteiger partial charge >= 0.3 is 23.9 Å². The number of benzene rings is 12. The third kappa shape index (κ3) is 39.3. The van der Waals surface area contributed by atoms with Gasteiger partial charge in [-0.3, -0.25) is 19.2 Å². The van der Waals surface area contributed by atoms with Crippen molar-refractivity contribution in [1.29, 1.82) is 0 Å². The molecule has 12 rings (SSSR count). The molecule has 26 nitrogen and oxygen atoms in total. The van der Waals surface area contributed by atoms with Crippen LogP contribution in [0, 0.1) is 13.8 Å². The molecule has 144 heavy (non-hydrogen) atoms. The topological polar surface area (TPSA) is 406 Å². The van der Waals surface area contributed by atoms with Crippen molar-refractivity contribution in [1.82, 2.24) is 0 Å². The molecule has 0 spiro atoms. The number of ketones is 4. The van der Waals surface area contributed by atoms with Crippen LogP contribution in [0.2, 0.25) is 0 Å². The van der Waals surface area contributed by atoms with Gasteiger partial charge in [0, 0.05) is 48.3 Å². The first-order valence-electron chi connectivity index (χ1n) is 45.5. The standard InChI is InChI=1S/C23H22O4P.C23H32O4.C23H22O2P.C21H28O4.2C7H8O3S.C6H8O2.C4H4O4/c1-26-22(24)17-9-13-20(14-10-17)28(3,19-7-5-4-6-8-19)21-15-11-18(12-16-21)23(25)27-2;1-17(15-24-5)26-21-11-7-19(8-12-21)23(3,4)20-9-13-22(14-10-20)27-18(2)16-25-6;1-17(24)19-9-13-22(14-10-19)26(3,21-7-5-4-6-8-21)23-15-11-20(12-16-23)18(2)25;1-15(13-22)24-19-9-5-17(6-10-19)21(3,4)18-7-11-20(12-8-18)25-16(2)14-23;2*1-6-2-4-7(5-3-6)11(8,9)10;1-5(7)3-4-6(2)8;5-3(6)1-2-4(7)8/h4-16H,1-3H3;7-14,17-18H,15-16H2,1-6H3;4-16H,1-3H3;5-12,15-16,22-23H,13-14H2,1-4H3;2*2-5H,1H3,(H,8,9,10);3-4H,1-2H3;1-2H,(H,5,6)(H,7,8)/q+1;;+1;;;;;/p-2/b;;;;;;4-3+;2-1+. The van der Waals surface area contributed by atoms with E-state index in [0.29, 0.717) is 36.5 Å². The summed E-state index contributed by atoms with van der Waals surface area (Å²) < 4.78 is 105. The summed E-state index contributed by atoms with van der Waals surface area (Å²) in [5.41, 5.74) is 8.87. The molecule has 0 bridgehead atoms. The van der Waals surface area contributed by atoms with Crippen molar-refractivity contribution >= 4 is 114 Å². The second-order valence-corrected chi connectivity index (χ2v) is 44.3. The molecule has 12 aromatic rings. The minimum absolute atomic E-state index is 0.00341. The lowest BCUT2D eigenvalue weighted by molar-refractivity contribution is -0.134. The number of carbonyl (C=O) groups is 8. The summed E-state index contributed by atoms with van der Waals surface area (Å²) in [4.78, 5) is 85.8. The highest BCUT2D eigenvalue weighted by Crippen LogP contribution is 2.53. The first-order valence-corrected chi connectivity index (χ1v) is 52.8. The molecule has 0 aliphatic rings. The fourth-order valence-electron chi connectivity index (χ4n) is 13.8. The van der Waals surface area contributed by atoms with Gasteiger partial charge in [0.05, 0.1) is 74.9 Å². The number of methoxy groups -OCH3 is 4. The van der Waals surface area contributed by atoms with Crippen LogP contribution in [0.25, 0.3) is 0 Å². The van der Waals surface area contributed by atoms with E-state index in [0.717, 1.165) is 55.9 Å². The molecule has 0 amide bonds. The van der Waals surface area contributed by atoms with E-state index in [1.54, 1.807) is 76.6 Å². The Labute approximate surface area is 847 Å². The number of hydrogen-bond donors (Lipinski definition) is 4. The number of aryl methyl sites for hydroxylation is 2. The average molecular weight is 2040 g/mol. The summed E-state index contributed by atoms with van der Waals surface area (Å²) in [5.74, 6) is -0.0532. The summed E-state index contributed by atoms with van der Waals surface area (Å²) in [6.45, 7) is 31.7. The van der Waals surface area contributed by atoms with Crippen molar-refractivity contribution in [3.63, 3.8) is 0 Å². The Morgan fingerprint density at radius 1 is 0.326 bits per heavy atom. The van der Waals surface area contributed by atoms with E-state index >= 15 is 0 Å². The van der Waals surface area contributed by atoms with Gasteiger partial charge in [-0.1, -0.05) is 148 Å². The maximum absolute atomic E-state index is 11.8. The highest BCUT2D eigenvalue weighted by atomic mass is 32.2. The van der Waals surface area contributed by atoms with Gasteiger partial charge in [0.1, 0.15) is 114 Å². The lowest BCUT2D eigenvalue weighted by Crippen LogP contribution is -2.30. The van der Waals surface area contributed by atoms with Crippen molar-refractivity contribution in [3.8, 4) is 23.0 Å². The Bertz CT molecular complexity index is 5990. The van der Waals surface area contributed by atoms with E-state index < -0.39 is 46.7 Å². The second kappa shape index (κ2) is 58.8. The van der Waals surface area contributed by atoms with Crippen LogP contribution in [0.15, 0.2) is 337 Å². The predicted octanol–water partition coefficient (Wildman–Crippen LogP) is 17.8. The van der Waals surface area contributed by atoms with Crippen LogP contribution in [-0.2, 0) is 69.2 Å². The fourth-order valence-corrected chi connectivity index (χ4v) is 21.1. The van der Waals surface area contributed by atoms with Crippen LogP contribution in [-0.4, -0.2) is 186 Å². The largest absolute Gasteiger partial charge is 0.744 e. The number of esters is 2. The maximum atomic E-state index is 11.8. The molecule has 0 saturated heterocycles. The number of ether oxygens (including phenoxy) is 8. The SMILES string of the molecule is CC(=O)/C=C/C(C)=O.CC(=O)c1ccc([P+](C)(c2ccccc2)c2ccc(C(C)=O)cc2)cc1.CC(CO)Oc1ccc(C(C)(C)c2ccc(OC(C)CO)cc2)cc1.COC(=O)c1ccc([P+](C)(c2ccccc2)c2ccc(C(=O)OC)cc2)cc1.COCC(C)Oc1ccc(C(C)(C)c2ccc(OC(C)COC)cc2)cc1.Cc1ccc(S(=O)(=O)[O-])cc1.Cc1ccc(S(=O)(=O)[O-])cc1.O=C(O)/C=C/C(=O)O. The Hall–Kier alpha value is -13.6. The Kier molecular flexibility index (Phi) is 49.4. The van der Waals surface area contributed by atoms with Crippen molar-refractivity contribution in [2.75, 3.05) is 68.2 Å². The van der Waals surface area contributed by atoms with Crippen molar-refractivity contribution in [2.45, 2.75) is 142 Å². The molecule has 4 N–H and O–H groups in total. The third-order valence-electron chi connectivity index (χ3n) is 22.2. The van der Waals surface area contributed by atoms with Gasteiger partial charge < -0.3 is 67.4 Å². The van der Waals surface area contributed by atoms with Gasteiger partial charge in [0.25, 0.3) is 0 Å². The molecule has 0 fully saturated rings. The Balaban J connectivity index is 0.000000301. The van der Waals surface area contributed by atoms with Crippen LogP contribution >= 0.6 is 14.5 Å². The van der Waals surface area contributed by atoms with Gasteiger partial charge in [-0.2, -0.15) is 0 Å². The number of aliphatic hydroxyl groups is 2. The normalized spacial score (nSPS) is 12.0. The first kappa shape index (κ1) is 121. The van der Waals surface area contributed by atoms with Crippen molar-refractivity contribution < 1.29 is 123 Å². The van der Waals surface area contributed by atoms with E-state index in [2.05, 4.69) is 150 Å². The molecule has 0 aromatic heterocycles. The molecule has 4 unspecified atom stereocenters. The zero-order valence-corrected chi connectivity index (χ0v) is 88.2. The smallest absolute Gasteiger partial charge is 0.337 e. The van der Waals surface area contributed by atoms with Crippen molar-refractivity contribution in [2.24, 2.45) is 0 Å². The molecule has 0 aliphatic heterocycles. The summed E-state index contributed by atoms with van der Waals surface area (Å²) in [6.07, 6.45) is 3.25. The summed E-state index contributed by atoms with van der Waals surface area (Å²) in [5, 5.41) is 41.0. The first-order chi connectivity index (χ1) is 67.9. The lowest BCUT2D eigenvalue weighted by atomic mass is 9.78. The van der Waals surface area contributed by atoms with Crippen LogP contribution in [0.4, 0.5) is 0 Å². The van der Waals surface area contributed by atoms with Gasteiger partial charge in [0.15, 0.2) is 23.1 Å². The van der Waals surface area contributed by atoms with E-state index in [1.807, 2.05) is 163 Å². The molecule has 4 atom stereocenters.